The number of primary amides is 1. The van der Waals surface area contributed by atoms with Crippen LogP contribution in [0.2, 0.25) is 0 Å². The van der Waals surface area contributed by atoms with Crippen molar-refractivity contribution in [2.24, 2.45) is 5.73 Å². The number of hydrogen-bond acceptors (Lipinski definition) is 2. The predicted octanol–water partition coefficient (Wildman–Crippen LogP) is 4.59. The van der Waals surface area contributed by atoms with Crippen molar-refractivity contribution in [3.63, 3.8) is 0 Å². The number of para-hydroxylation sites is 1. The van der Waals surface area contributed by atoms with Gasteiger partial charge in [-0.1, -0.05) is 79.7 Å². The van der Waals surface area contributed by atoms with E-state index in [-0.39, 0.29) is 0 Å². The van der Waals surface area contributed by atoms with E-state index >= 15 is 0 Å². The molecule has 4 nitrogen and oxygen atoms in total. The van der Waals surface area contributed by atoms with Gasteiger partial charge in [0.15, 0.2) is 0 Å². The summed E-state index contributed by atoms with van der Waals surface area (Å²) in [5.74, 6) is -1.56. The largest absolute Gasteiger partial charge is 0.363 e. The van der Waals surface area contributed by atoms with Gasteiger partial charge in [-0.2, -0.15) is 0 Å². The van der Waals surface area contributed by atoms with Crippen molar-refractivity contribution in [1.82, 2.24) is 4.57 Å². The van der Waals surface area contributed by atoms with E-state index in [4.69, 9.17) is 5.73 Å². The summed E-state index contributed by atoms with van der Waals surface area (Å²) in [6.07, 6.45) is 0.622. The summed E-state index contributed by atoms with van der Waals surface area (Å²) in [4.78, 5) is 24.3. The number of carbonyl (C=O) groups excluding carboxylic acids is 2. The zero-order valence-corrected chi connectivity index (χ0v) is 16.3. The van der Waals surface area contributed by atoms with Gasteiger partial charge < -0.3 is 10.3 Å². The summed E-state index contributed by atoms with van der Waals surface area (Å²) in [5, 5.41) is 0.769. The minimum atomic E-state index is -0.924. The standard InChI is InChI=1S/C25H22N2O2/c1-2-21-23(24(28)25(26)29)20-14-8-9-15-22(20)27(21)16-18-12-6-7-13-19(18)17-10-4-3-5-11-17/h3-15H,2,16H2,1H3,(H2,26,29). The van der Waals surface area contributed by atoms with Gasteiger partial charge in [0, 0.05) is 23.1 Å². The maximum Gasteiger partial charge on any atom is 0.289 e. The fraction of sp³-hybridized carbons (Fsp3) is 0.120. The van der Waals surface area contributed by atoms with Gasteiger partial charge >= 0.3 is 0 Å². The van der Waals surface area contributed by atoms with Crippen molar-refractivity contribution in [3.05, 3.63) is 95.7 Å². The van der Waals surface area contributed by atoms with Gasteiger partial charge in [-0.25, -0.2) is 0 Å². The molecule has 4 aromatic rings. The second-order valence-corrected chi connectivity index (χ2v) is 7.00. The lowest BCUT2D eigenvalue weighted by Gasteiger charge is -2.14. The van der Waals surface area contributed by atoms with Crippen molar-refractivity contribution in [2.45, 2.75) is 19.9 Å². The highest BCUT2D eigenvalue weighted by Gasteiger charge is 2.24. The fourth-order valence-corrected chi connectivity index (χ4v) is 4.01. The molecule has 1 heterocycles. The summed E-state index contributed by atoms with van der Waals surface area (Å²) < 4.78 is 2.13. The third-order valence-corrected chi connectivity index (χ3v) is 5.29. The normalized spacial score (nSPS) is 10.9. The first-order chi connectivity index (χ1) is 14.1. The van der Waals surface area contributed by atoms with Crippen LogP contribution >= 0.6 is 0 Å². The molecule has 1 aromatic heterocycles. The molecule has 144 valence electrons. The van der Waals surface area contributed by atoms with E-state index in [1.807, 2.05) is 61.5 Å². The minimum absolute atomic E-state index is 0.424. The molecule has 0 radical (unpaired) electrons. The van der Waals surface area contributed by atoms with Gasteiger partial charge in [0.1, 0.15) is 0 Å². The Bertz CT molecular complexity index is 1210. The van der Waals surface area contributed by atoms with Crippen LogP contribution in [0.15, 0.2) is 78.9 Å². The maximum atomic E-state index is 12.6. The first-order valence-electron chi connectivity index (χ1n) is 9.69. The van der Waals surface area contributed by atoms with Crippen molar-refractivity contribution in [2.75, 3.05) is 0 Å². The van der Waals surface area contributed by atoms with Crippen molar-refractivity contribution in [3.8, 4) is 11.1 Å². The third-order valence-electron chi connectivity index (χ3n) is 5.29. The summed E-state index contributed by atoms with van der Waals surface area (Å²) in [6.45, 7) is 2.59. The molecule has 0 aliphatic rings. The molecule has 0 fully saturated rings. The molecule has 1 amide bonds. The van der Waals surface area contributed by atoms with Gasteiger partial charge in [-0.3, -0.25) is 9.59 Å². The highest BCUT2D eigenvalue weighted by Crippen LogP contribution is 2.31. The van der Waals surface area contributed by atoms with Crippen LogP contribution in [0, 0.1) is 0 Å². The molecule has 0 saturated heterocycles. The Morgan fingerprint density at radius 2 is 1.52 bits per heavy atom. The molecular formula is C25H22N2O2. The second-order valence-electron chi connectivity index (χ2n) is 7.00. The first-order valence-corrected chi connectivity index (χ1v) is 9.69. The number of amides is 1. The van der Waals surface area contributed by atoms with E-state index in [1.165, 1.54) is 0 Å². The lowest BCUT2D eigenvalue weighted by atomic mass is 9.99. The van der Waals surface area contributed by atoms with Crippen molar-refractivity contribution in [1.29, 1.82) is 0 Å². The monoisotopic (exact) mass is 382 g/mol. The molecular weight excluding hydrogens is 360 g/mol. The van der Waals surface area contributed by atoms with Crippen molar-refractivity contribution < 1.29 is 9.59 Å². The van der Waals surface area contributed by atoms with Crippen LogP contribution in [-0.4, -0.2) is 16.3 Å². The van der Waals surface area contributed by atoms with Crippen LogP contribution in [0.5, 0.6) is 0 Å². The first kappa shape index (κ1) is 18.7. The number of aromatic nitrogens is 1. The maximum absolute atomic E-state index is 12.6. The van der Waals surface area contributed by atoms with E-state index in [0.29, 0.717) is 18.5 Å². The number of ketones is 1. The van der Waals surface area contributed by atoms with Crippen LogP contribution in [-0.2, 0) is 17.8 Å². The van der Waals surface area contributed by atoms with E-state index < -0.39 is 11.7 Å². The molecule has 2 N–H and O–H groups in total. The Morgan fingerprint density at radius 3 is 2.24 bits per heavy atom. The van der Waals surface area contributed by atoms with Gasteiger partial charge in [0.25, 0.3) is 11.7 Å². The zero-order chi connectivity index (χ0) is 20.4. The van der Waals surface area contributed by atoms with Crippen LogP contribution in [0.25, 0.3) is 22.0 Å². The average molecular weight is 382 g/mol. The Balaban J connectivity index is 1.91. The Morgan fingerprint density at radius 1 is 0.862 bits per heavy atom. The van der Waals surface area contributed by atoms with Crippen molar-refractivity contribution >= 4 is 22.6 Å². The summed E-state index contributed by atoms with van der Waals surface area (Å²) in [7, 11) is 0. The Labute approximate surface area is 169 Å². The Hall–Kier alpha value is -3.66. The fourth-order valence-electron chi connectivity index (χ4n) is 4.01. The number of rotatable bonds is 6. The van der Waals surface area contributed by atoms with Crippen LogP contribution < -0.4 is 5.73 Å². The van der Waals surface area contributed by atoms with Crippen LogP contribution in [0.4, 0.5) is 0 Å². The second kappa shape index (κ2) is 7.76. The molecule has 0 spiro atoms. The van der Waals surface area contributed by atoms with E-state index in [0.717, 1.165) is 33.3 Å². The van der Waals surface area contributed by atoms with Gasteiger partial charge in [0.05, 0.1) is 5.56 Å². The van der Waals surface area contributed by atoms with Gasteiger partial charge in [0.2, 0.25) is 0 Å². The highest BCUT2D eigenvalue weighted by molar-refractivity contribution is 6.44. The lowest BCUT2D eigenvalue weighted by Crippen LogP contribution is -2.24. The molecule has 29 heavy (non-hydrogen) atoms. The average Bonchev–Trinajstić information content (AvgIpc) is 3.07. The van der Waals surface area contributed by atoms with Crippen LogP contribution in [0.3, 0.4) is 0 Å². The SMILES string of the molecule is CCc1c(C(=O)C(N)=O)c2ccccc2n1Cc1ccccc1-c1ccccc1. The number of fused-ring (bicyclic) bond motifs is 1. The zero-order valence-electron chi connectivity index (χ0n) is 16.3. The van der Waals surface area contributed by atoms with E-state index in [2.05, 4.69) is 28.8 Å². The number of hydrogen-bond donors (Lipinski definition) is 1. The number of Topliss-reactive ketones (excluding diaryl/α,β-unsaturated/α-hetero) is 1. The topological polar surface area (TPSA) is 65.1 Å². The highest BCUT2D eigenvalue weighted by atomic mass is 16.2. The predicted molar refractivity (Wildman–Crippen MR) is 116 cm³/mol. The lowest BCUT2D eigenvalue weighted by molar-refractivity contribution is -0.114. The molecule has 0 aliphatic carbocycles. The molecule has 4 heteroatoms. The Kier molecular flexibility index (Phi) is 5.00. The number of nitrogens with zero attached hydrogens (tertiary/aromatic N) is 1. The number of nitrogens with two attached hydrogens (primary N) is 1. The summed E-state index contributed by atoms with van der Waals surface area (Å²) in [6, 6.07) is 26.2. The number of carbonyl (C=O) groups is 2. The quantitative estimate of drug-likeness (QED) is 0.392. The summed E-state index contributed by atoms with van der Waals surface area (Å²) in [5.41, 5.74) is 11.0. The minimum Gasteiger partial charge on any atom is -0.363 e. The number of benzene rings is 3. The molecule has 0 atom stereocenters. The van der Waals surface area contributed by atoms with E-state index in [9.17, 15) is 9.59 Å². The molecule has 0 bridgehead atoms. The molecule has 0 unspecified atom stereocenters. The van der Waals surface area contributed by atoms with Gasteiger partial charge in [-0.15, -0.1) is 0 Å². The molecule has 4 rings (SSSR count). The van der Waals surface area contributed by atoms with Gasteiger partial charge in [-0.05, 0) is 29.2 Å². The summed E-state index contributed by atoms with van der Waals surface area (Å²) >= 11 is 0. The smallest absolute Gasteiger partial charge is 0.289 e. The molecule has 0 aliphatic heterocycles. The molecule has 0 saturated carbocycles. The molecule has 3 aromatic carbocycles. The third kappa shape index (κ3) is 3.34. The van der Waals surface area contributed by atoms with Crippen LogP contribution in [0.1, 0.15) is 28.5 Å². The van der Waals surface area contributed by atoms with E-state index in [1.54, 1.807) is 0 Å².